The molecule has 0 saturated carbocycles. The van der Waals surface area contributed by atoms with Gasteiger partial charge >= 0.3 is 5.97 Å². The third kappa shape index (κ3) is 3.07. The summed E-state index contributed by atoms with van der Waals surface area (Å²) in [4.78, 5) is 11.2. The van der Waals surface area contributed by atoms with Crippen LogP contribution in [0.4, 0.5) is 0 Å². The highest BCUT2D eigenvalue weighted by Gasteiger charge is 2.30. The first-order valence-corrected chi connectivity index (χ1v) is 5.72. The fourth-order valence-electron chi connectivity index (χ4n) is 1.90. The minimum atomic E-state index is -0.588. The Hall–Kier alpha value is -1.82. The quantitative estimate of drug-likeness (QED) is 0.732. The third-order valence-electron chi connectivity index (χ3n) is 3.13. The lowest BCUT2D eigenvalue weighted by Crippen LogP contribution is -2.24. The number of hydrogen-bond donors (Lipinski definition) is 0. The van der Waals surface area contributed by atoms with Gasteiger partial charge in [-0.2, -0.15) is 5.26 Å². The van der Waals surface area contributed by atoms with E-state index in [2.05, 4.69) is 10.8 Å². The number of methoxy groups -OCH3 is 1. The first kappa shape index (κ1) is 13.2. The van der Waals surface area contributed by atoms with Crippen LogP contribution in [-0.4, -0.2) is 13.1 Å². The van der Waals surface area contributed by atoms with E-state index in [-0.39, 0.29) is 12.4 Å². The van der Waals surface area contributed by atoms with Gasteiger partial charge in [0.2, 0.25) is 0 Å². The van der Waals surface area contributed by atoms with Crippen molar-refractivity contribution in [2.24, 2.45) is 0 Å². The molecule has 0 heterocycles. The van der Waals surface area contributed by atoms with Crippen LogP contribution in [0.2, 0.25) is 0 Å². The highest BCUT2D eigenvalue weighted by atomic mass is 16.5. The fraction of sp³-hybridized carbons (Fsp3) is 0.429. The summed E-state index contributed by atoms with van der Waals surface area (Å²) in [5.74, 6) is -0.269. The largest absolute Gasteiger partial charge is 0.469 e. The molecule has 0 radical (unpaired) electrons. The van der Waals surface area contributed by atoms with Crippen molar-refractivity contribution in [1.29, 1.82) is 5.26 Å². The highest BCUT2D eigenvalue weighted by molar-refractivity contribution is 5.69. The first-order valence-electron chi connectivity index (χ1n) is 5.72. The van der Waals surface area contributed by atoms with Crippen molar-refractivity contribution in [3.8, 4) is 6.07 Å². The van der Waals surface area contributed by atoms with Gasteiger partial charge in [-0.15, -0.1) is 0 Å². The average Bonchev–Trinajstić information content (AvgIpc) is 2.41. The van der Waals surface area contributed by atoms with E-state index in [1.54, 1.807) is 0 Å². The summed E-state index contributed by atoms with van der Waals surface area (Å²) in [6, 6.07) is 12.0. The third-order valence-corrected chi connectivity index (χ3v) is 3.13. The van der Waals surface area contributed by atoms with Gasteiger partial charge in [0, 0.05) is 6.42 Å². The molecule has 0 aromatic heterocycles. The van der Waals surface area contributed by atoms with Crippen molar-refractivity contribution in [3.63, 3.8) is 0 Å². The van der Waals surface area contributed by atoms with Crippen LogP contribution in [-0.2, 0) is 14.9 Å². The Morgan fingerprint density at radius 1 is 1.41 bits per heavy atom. The van der Waals surface area contributed by atoms with Crippen molar-refractivity contribution in [1.82, 2.24) is 0 Å². The van der Waals surface area contributed by atoms with Gasteiger partial charge in [0.05, 0.1) is 18.6 Å². The summed E-state index contributed by atoms with van der Waals surface area (Å²) in [6.45, 7) is 1.97. The van der Waals surface area contributed by atoms with E-state index in [1.807, 2.05) is 37.3 Å². The second-order valence-corrected chi connectivity index (χ2v) is 3.99. The zero-order chi connectivity index (χ0) is 12.7. The number of esters is 1. The number of ether oxygens (including phenoxy) is 1. The molecule has 0 N–H and O–H groups in total. The van der Waals surface area contributed by atoms with Gasteiger partial charge in [0.15, 0.2) is 0 Å². The monoisotopic (exact) mass is 231 g/mol. The van der Waals surface area contributed by atoms with E-state index in [0.29, 0.717) is 12.8 Å². The molecule has 0 fully saturated rings. The minimum absolute atomic E-state index is 0.269. The van der Waals surface area contributed by atoms with Gasteiger partial charge < -0.3 is 4.74 Å². The molecule has 1 unspecified atom stereocenters. The highest BCUT2D eigenvalue weighted by Crippen LogP contribution is 2.32. The zero-order valence-corrected chi connectivity index (χ0v) is 10.3. The normalized spacial score (nSPS) is 13.5. The number of benzene rings is 1. The summed E-state index contributed by atoms with van der Waals surface area (Å²) in [5.41, 5.74) is 0.379. The number of nitriles is 1. The van der Waals surface area contributed by atoms with Crippen LogP contribution in [0.25, 0.3) is 0 Å². The van der Waals surface area contributed by atoms with Gasteiger partial charge in [-0.25, -0.2) is 0 Å². The van der Waals surface area contributed by atoms with E-state index in [4.69, 9.17) is 0 Å². The number of hydrogen-bond acceptors (Lipinski definition) is 3. The zero-order valence-electron chi connectivity index (χ0n) is 10.3. The number of nitrogens with zero attached hydrogens (tertiary/aromatic N) is 1. The lowest BCUT2D eigenvalue weighted by Gasteiger charge is -2.25. The second-order valence-electron chi connectivity index (χ2n) is 3.99. The molecule has 1 aromatic rings. The van der Waals surface area contributed by atoms with Crippen molar-refractivity contribution in [2.75, 3.05) is 7.11 Å². The van der Waals surface area contributed by atoms with Crippen molar-refractivity contribution < 1.29 is 9.53 Å². The molecule has 0 bridgehead atoms. The Bertz CT molecular complexity index is 408. The maximum Gasteiger partial charge on any atom is 0.305 e. The molecular weight excluding hydrogens is 214 g/mol. The molecule has 1 atom stereocenters. The lowest BCUT2D eigenvalue weighted by atomic mass is 9.76. The van der Waals surface area contributed by atoms with E-state index in [1.165, 1.54) is 7.11 Å². The molecule has 1 aromatic carbocycles. The predicted octanol–water partition coefficient (Wildman–Crippen LogP) is 2.81. The molecule has 17 heavy (non-hydrogen) atoms. The van der Waals surface area contributed by atoms with Crippen LogP contribution >= 0.6 is 0 Å². The Morgan fingerprint density at radius 2 is 2.06 bits per heavy atom. The van der Waals surface area contributed by atoms with Crippen LogP contribution in [0.3, 0.4) is 0 Å². The molecule has 3 nitrogen and oxygen atoms in total. The molecule has 0 aliphatic rings. The van der Waals surface area contributed by atoms with Gasteiger partial charge in [0.25, 0.3) is 0 Å². The second kappa shape index (κ2) is 6.05. The number of carbonyl (C=O) groups is 1. The molecule has 0 aliphatic carbocycles. The Morgan fingerprint density at radius 3 is 2.53 bits per heavy atom. The van der Waals surface area contributed by atoms with Gasteiger partial charge in [0.1, 0.15) is 0 Å². The summed E-state index contributed by atoms with van der Waals surface area (Å²) >= 11 is 0. The molecule has 0 saturated heterocycles. The lowest BCUT2D eigenvalue weighted by molar-refractivity contribution is -0.140. The van der Waals surface area contributed by atoms with Crippen molar-refractivity contribution in [3.05, 3.63) is 35.9 Å². The van der Waals surface area contributed by atoms with Gasteiger partial charge in [-0.05, 0) is 18.4 Å². The summed E-state index contributed by atoms with van der Waals surface area (Å²) in [6.07, 6.45) is 1.45. The average molecular weight is 231 g/mol. The molecular formula is C14H17NO2. The predicted molar refractivity (Wildman–Crippen MR) is 65.3 cm³/mol. The van der Waals surface area contributed by atoms with Crippen LogP contribution < -0.4 is 0 Å². The summed E-state index contributed by atoms with van der Waals surface area (Å²) in [5, 5.41) is 9.41. The standard InChI is InChI=1S/C14H17NO2/c1-3-14(11-15,10-9-13(16)17-2)12-7-5-4-6-8-12/h4-8H,3,9-10H2,1-2H3. The Labute approximate surface area is 102 Å². The van der Waals surface area contributed by atoms with Gasteiger partial charge in [-0.3, -0.25) is 4.79 Å². The maximum absolute atomic E-state index is 11.2. The van der Waals surface area contributed by atoms with Crippen molar-refractivity contribution >= 4 is 5.97 Å². The van der Waals surface area contributed by atoms with E-state index >= 15 is 0 Å². The number of rotatable bonds is 5. The van der Waals surface area contributed by atoms with E-state index in [9.17, 15) is 10.1 Å². The van der Waals surface area contributed by atoms with Crippen LogP contribution in [0.5, 0.6) is 0 Å². The molecule has 1 rings (SSSR count). The summed E-state index contributed by atoms with van der Waals surface area (Å²) in [7, 11) is 1.37. The fourth-order valence-corrected chi connectivity index (χ4v) is 1.90. The van der Waals surface area contributed by atoms with Crippen LogP contribution in [0.1, 0.15) is 31.7 Å². The molecule has 0 amide bonds. The summed E-state index contributed by atoms with van der Waals surface area (Å²) < 4.78 is 4.62. The van der Waals surface area contributed by atoms with Crippen LogP contribution in [0, 0.1) is 11.3 Å². The topological polar surface area (TPSA) is 50.1 Å². The minimum Gasteiger partial charge on any atom is -0.469 e. The smallest absolute Gasteiger partial charge is 0.305 e. The van der Waals surface area contributed by atoms with Gasteiger partial charge in [-0.1, -0.05) is 37.3 Å². The molecule has 0 spiro atoms. The SMILES string of the molecule is CCC(C#N)(CCC(=O)OC)c1ccccc1. The number of carbonyl (C=O) groups excluding carboxylic acids is 1. The molecule has 3 heteroatoms. The molecule has 90 valence electrons. The maximum atomic E-state index is 11.2. The van der Waals surface area contributed by atoms with Crippen molar-refractivity contribution in [2.45, 2.75) is 31.6 Å². The van der Waals surface area contributed by atoms with Crippen LogP contribution in [0.15, 0.2) is 30.3 Å². The Kier molecular flexibility index (Phi) is 4.71. The van der Waals surface area contributed by atoms with E-state index < -0.39 is 5.41 Å². The van der Waals surface area contributed by atoms with E-state index in [0.717, 1.165) is 5.56 Å². The molecule has 0 aliphatic heterocycles. The Balaban J connectivity index is 2.91. The first-order chi connectivity index (χ1) is 8.18.